The van der Waals surface area contributed by atoms with E-state index in [-0.39, 0.29) is 11.8 Å². The van der Waals surface area contributed by atoms with Crippen molar-refractivity contribution in [3.63, 3.8) is 0 Å². The van der Waals surface area contributed by atoms with Crippen LogP contribution in [0.2, 0.25) is 0 Å². The smallest absolute Gasteiger partial charge is 0.320 e. The van der Waals surface area contributed by atoms with Crippen molar-refractivity contribution in [3.8, 4) is 0 Å². The van der Waals surface area contributed by atoms with Crippen molar-refractivity contribution in [1.29, 1.82) is 0 Å². The molecule has 4 nitrogen and oxygen atoms in total. The van der Waals surface area contributed by atoms with Gasteiger partial charge in [0, 0.05) is 26.7 Å². The largest absolute Gasteiger partial charge is 0.378 e. The molecule has 0 aliphatic carbocycles. The average molecular weight is 252 g/mol. The molecule has 2 rings (SSSR count). The molecule has 1 aliphatic heterocycles. The maximum absolute atomic E-state index is 12.8. The zero-order valence-corrected chi connectivity index (χ0v) is 10.4. The molecule has 0 unspecified atom stereocenters. The number of hydrogen-bond acceptors (Lipinski definition) is 2. The summed E-state index contributed by atoms with van der Waals surface area (Å²) in [5.41, 5.74) is 0.917. The summed E-state index contributed by atoms with van der Waals surface area (Å²) in [5.74, 6) is -0.263. The molecule has 1 aromatic rings. The molecule has 0 saturated carbocycles. The van der Waals surface area contributed by atoms with Crippen molar-refractivity contribution in [3.05, 3.63) is 35.6 Å². The van der Waals surface area contributed by atoms with Crippen LogP contribution in [0, 0.1) is 5.82 Å². The number of urea groups is 1. The van der Waals surface area contributed by atoms with E-state index in [1.807, 2.05) is 0 Å². The zero-order chi connectivity index (χ0) is 13.0. The minimum atomic E-state index is -0.263. The van der Waals surface area contributed by atoms with E-state index in [1.54, 1.807) is 29.0 Å². The lowest BCUT2D eigenvalue weighted by molar-refractivity contribution is 0.0448. The first-order valence-electron chi connectivity index (χ1n) is 5.99. The lowest BCUT2D eigenvalue weighted by Crippen LogP contribution is -2.46. The Hall–Kier alpha value is -1.62. The number of nitrogens with zero attached hydrogens (tertiary/aromatic N) is 2. The molecule has 98 valence electrons. The number of halogens is 1. The Kier molecular flexibility index (Phi) is 4.15. The maximum atomic E-state index is 12.8. The average Bonchev–Trinajstić information content (AvgIpc) is 2.41. The maximum Gasteiger partial charge on any atom is 0.320 e. The fourth-order valence-electron chi connectivity index (χ4n) is 1.93. The van der Waals surface area contributed by atoms with Crippen molar-refractivity contribution in [2.75, 3.05) is 33.4 Å². The van der Waals surface area contributed by atoms with Crippen LogP contribution in [-0.2, 0) is 11.3 Å². The molecule has 0 bridgehead atoms. The third kappa shape index (κ3) is 3.20. The van der Waals surface area contributed by atoms with Gasteiger partial charge in [-0.05, 0) is 17.7 Å². The highest BCUT2D eigenvalue weighted by Gasteiger charge is 2.20. The van der Waals surface area contributed by atoms with Crippen molar-refractivity contribution in [2.24, 2.45) is 0 Å². The second-order valence-electron chi connectivity index (χ2n) is 4.36. The van der Waals surface area contributed by atoms with Crippen LogP contribution in [-0.4, -0.2) is 49.2 Å². The summed E-state index contributed by atoms with van der Waals surface area (Å²) in [6.07, 6.45) is 0. The third-order valence-electron chi connectivity index (χ3n) is 2.94. The summed E-state index contributed by atoms with van der Waals surface area (Å²) < 4.78 is 18.0. The lowest BCUT2D eigenvalue weighted by atomic mass is 10.2. The van der Waals surface area contributed by atoms with Crippen molar-refractivity contribution in [1.82, 2.24) is 9.80 Å². The molecule has 1 aromatic carbocycles. The SMILES string of the molecule is CN(Cc1ccc(F)cc1)C(=O)N1CCOCC1. The summed E-state index contributed by atoms with van der Waals surface area (Å²) in [6.45, 7) is 2.93. The number of rotatable bonds is 2. The van der Waals surface area contributed by atoms with Crippen LogP contribution >= 0.6 is 0 Å². The van der Waals surface area contributed by atoms with Gasteiger partial charge < -0.3 is 14.5 Å². The van der Waals surface area contributed by atoms with E-state index < -0.39 is 0 Å². The van der Waals surface area contributed by atoms with Gasteiger partial charge in [-0.25, -0.2) is 9.18 Å². The number of carbonyl (C=O) groups is 1. The zero-order valence-electron chi connectivity index (χ0n) is 10.4. The van der Waals surface area contributed by atoms with E-state index in [4.69, 9.17) is 4.74 Å². The summed E-state index contributed by atoms with van der Waals surface area (Å²) in [7, 11) is 1.75. The number of hydrogen-bond donors (Lipinski definition) is 0. The van der Waals surface area contributed by atoms with Gasteiger partial charge in [-0.1, -0.05) is 12.1 Å². The van der Waals surface area contributed by atoms with Crippen molar-refractivity contribution < 1.29 is 13.9 Å². The topological polar surface area (TPSA) is 32.8 Å². The fourth-order valence-corrected chi connectivity index (χ4v) is 1.93. The lowest BCUT2D eigenvalue weighted by Gasteiger charge is -2.31. The molecule has 2 amide bonds. The van der Waals surface area contributed by atoms with Gasteiger partial charge in [0.25, 0.3) is 0 Å². The molecule has 1 fully saturated rings. The Labute approximate surface area is 106 Å². The minimum absolute atomic E-state index is 0.0115. The highest BCUT2D eigenvalue weighted by Crippen LogP contribution is 2.08. The highest BCUT2D eigenvalue weighted by molar-refractivity contribution is 5.74. The van der Waals surface area contributed by atoms with Crippen molar-refractivity contribution >= 4 is 6.03 Å². The van der Waals surface area contributed by atoms with E-state index in [1.165, 1.54) is 12.1 Å². The summed E-state index contributed by atoms with van der Waals surface area (Å²) in [5, 5.41) is 0. The van der Waals surface area contributed by atoms with Gasteiger partial charge >= 0.3 is 6.03 Å². The molecule has 0 aromatic heterocycles. The number of benzene rings is 1. The molecule has 1 heterocycles. The Balaban J connectivity index is 1.92. The van der Waals surface area contributed by atoms with Gasteiger partial charge in [-0.3, -0.25) is 0 Å². The molecule has 1 saturated heterocycles. The molecular formula is C13H17FN2O2. The molecule has 0 spiro atoms. The number of amides is 2. The Morgan fingerprint density at radius 3 is 2.56 bits per heavy atom. The van der Waals surface area contributed by atoms with Gasteiger partial charge in [-0.2, -0.15) is 0 Å². The van der Waals surface area contributed by atoms with Crippen molar-refractivity contribution in [2.45, 2.75) is 6.54 Å². The van der Waals surface area contributed by atoms with Crippen LogP contribution in [0.25, 0.3) is 0 Å². The number of morpholine rings is 1. The van der Waals surface area contributed by atoms with Gasteiger partial charge in [-0.15, -0.1) is 0 Å². The third-order valence-corrected chi connectivity index (χ3v) is 2.94. The molecule has 1 aliphatic rings. The van der Waals surface area contributed by atoms with Crippen LogP contribution in [0.3, 0.4) is 0 Å². The van der Waals surface area contributed by atoms with E-state index in [2.05, 4.69) is 0 Å². The quantitative estimate of drug-likeness (QED) is 0.802. The minimum Gasteiger partial charge on any atom is -0.378 e. The predicted molar refractivity (Wildman–Crippen MR) is 65.7 cm³/mol. The van der Waals surface area contributed by atoms with Gasteiger partial charge in [0.2, 0.25) is 0 Å². The van der Waals surface area contributed by atoms with Gasteiger partial charge in [0.15, 0.2) is 0 Å². The first-order valence-corrected chi connectivity index (χ1v) is 5.99. The monoisotopic (exact) mass is 252 g/mol. The molecule has 18 heavy (non-hydrogen) atoms. The first-order chi connectivity index (χ1) is 8.66. The molecular weight excluding hydrogens is 235 g/mol. The van der Waals surface area contributed by atoms with Crippen LogP contribution in [0.15, 0.2) is 24.3 Å². The van der Waals surface area contributed by atoms with E-state index in [0.29, 0.717) is 32.8 Å². The second kappa shape index (κ2) is 5.82. The second-order valence-corrected chi connectivity index (χ2v) is 4.36. The summed E-state index contributed by atoms with van der Waals surface area (Å²) in [6, 6.07) is 6.18. The first kappa shape index (κ1) is 12.8. The Morgan fingerprint density at radius 2 is 1.94 bits per heavy atom. The number of carbonyl (C=O) groups excluding carboxylic acids is 1. The molecule has 0 atom stereocenters. The van der Waals surface area contributed by atoms with E-state index in [9.17, 15) is 9.18 Å². The van der Waals surface area contributed by atoms with Gasteiger partial charge in [0.1, 0.15) is 5.82 Å². The molecule has 0 N–H and O–H groups in total. The Bertz CT molecular complexity index is 402. The fraction of sp³-hybridized carbons (Fsp3) is 0.462. The van der Waals surface area contributed by atoms with E-state index >= 15 is 0 Å². The van der Waals surface area contributed by atoms with Crippen LogP contribution in [0.5, 0.6) is 0 Å². The summed E-state index contributed by atoms with van der Waals surface area (Å²) >= 11 is 0. The van der Waals surface area contributed by atoms with Gasteiger partial charge in [0.05, 0.1) is 13.2 Å². The van der Waals surface area contributed by atoms with Crippen LogP contribution < -0.4 is 0 Å². The highest BCUT2D eigenvalue weighted by atomic mass is 19.1. The summed E-state index contributed by atoms with van der Waals surface area (Å²) in [4.78, 5) is 15.5. The Morgan fingerprint density at radius 1 is 1.33 bits per heavy atom. The van der Waals surface area contributed by atoms with E-state index in [0.717, 1.165) is 5.56 Å². The molecule has 5 heteroatoms. The predicted octanol–water partition coefficient (Wildman–Crippen LogP) is 1.71. The number of ether oxygens (including phenoxy) is 1. The van der Waals surface area contributed by atoms with Crippen LogP contribution in [0.4, 0.5) is 9.18 Å². The van der Waals surface area contributed by atoms with Crippen LogP contribution in [0.1, 0.15) is 5.56 Å². The normalized spacial score (nSPS) is 15.6. The molecule has 0 radical (unpaired) electrons. The standard InChI is InChI=1S/C13H17FN2O2/c1-15(10-11-2-4-12(14)5-3-11)13(17)16-6-8-18-9-7-16/h2-5H,6-10H2,1H3.